The Morgan fingerprint density at radius 1 is 0.417 bits per heavy atom. The van der Waals surface area contributed by atoms with E-state index >= 15 is 0 Å². The zero-order chi connectivity index (χ0) is 31.6. The number of fused-ring (bicyclic) bond motifs is 7. The van der Waals surface area contributed by atoms with E-state index in [1.54, 1.807) is 0 Å². The van der Waals surface area contributed by atoms with Gasteiger partial charge in [0.1, 0.15) is 27.8 Å². The second kappa shape index (κ2) is 10.5. The summed E-state index contributed by atoms with van der Waals surface area (Å²) in [5.41, 5.74) is 11.0. The Morgan fingerprint density at radius 3 is 1.90 bits per heavy atom. The van der Waals surface area contributed by atoms with Crippen LogP contribution in [-0.2, 0) is 0 Å². The number of aromatic nitrogens is 1. The summed E-state index contributed by atoms with van der Waals surface area (Å²) >= 11 is 0. The number of nitrogens with zero attached hydrogens (tertiary/aromatic N) is 2. The van der Waals surface area contributed by atoms with Gasteiger partial charge in [-0.2, -0.15) is 0 Å². The van der Waals surface area contributed by atoms with Gasteiger partial charge in [-0.1, -0.05) is 84.9 Å². The van der Waals surface area contributed by atoms with Crippen molar-refractivity contribution in [2.75, 3.05) is 4.90 Å². The zero-order valence-electron chi connectivity index (χ0n) is 25.6. The number of furan rings is 2. The van der Waals surface area contributed by atoms with Crippen LogP contribution < -0.4 is 4.90 Å². The van der Waals surface area contributed by atoms with Crippen LogP contribution in [-0.4, -0.2) is 4.98 Å². The molecule has 0 bridgehead atoms. The Hall–Kier alpha value is -6.59. The summed E-state index contributed by atoms with van der Waals surface area (Å²) in [5, 5.41) is 4.17. The van der Waals surface area contributed by atoms with E-state index in [0.717, 1.165) is 88.7 Å². The number of para-hydroxylation sites is 4. The van der Waals surface area contributed by atoms with E-state index in [1.807, 2.05) is 66.7 Å². The number of hydrogen-bond acceptors (Lipinski definition) is 5. The van der Waals surface area contributed by atoms with Crippen molar-refractivity contribution in [2.24, 2.45) is 0 Å². The monoisotopic (exact) mass is 618 g/mol. The number of hydrogen-bond donors (Lipinski definition) is 0. The van der Waals surface area contributed by atoms with Crippen molar-refractivity contribution in [1.82, 2.24) is 4.98 Å². The van der Waals surface area contributed by atoms with E-state index in [4.69, 9.17) is 18.2 Å². The molecule has 3 aromatic heterocycles. The van der Waals surface area contributed by atoms with Crippen molar-refractivity contribution in [3.63, 3.8) is 0 Å². The number of rotatable bonds is 5. The third-order valence-electron chi connectivity index (χ3n) is 9.11. The van der Waals surface area contributed by atoms with Crippen molar-refractivity contribution in [1.29, 1.82) is 0 Å². The lowest BCUT2D eigenvalue weighted by molar-refractivity contribution is 0.620. The van der Waals surface area contributed by atoms with E-state index in [9.17, 15) is 0 Å². The lowest BCUT2D eigenvalue weighted by atomic mass is 10.0. The Morgan fingerprint density at radius 2 is 1.04 bits per heavy atom. The first kappa shape index (κ1) is 26.6. The summed E-state index contributed by atoms with van der Waals surface area (Å²) < 4.78 is 19.1. The fraction of sp³-hybridized carbons (Fsp3) is 0. The van der Waals surface area contributed by atoms with Crippen LogP contribution in [0.25, 0.3) is 77.6 Å². The molecular formula is C43H26N2O3. The van der Waals surface area contributed by atoms with Crippen LogP contribution in [0.1, 0.15) is 0 Å². The van der Waals surface area contributed by atoms with Crippen LogP contribution >= 0.6 is 0 Å². The maximum absolute atomic E-state index is 6.56. The predicted octanol–water partition coefficient (Wildman–Crippen LogP) is 12.4. The van der Waals surface area contributed by atoms with Crippen LogP contribution in [0.15, 0.2) is 171 Å². The highest BCUT2D eigenvalue weighted by molar-refractivity contribution is 6.13. The van der Waals surface area contributed by atoms with Gasteiger partial charge in [-0.05, 0) is 66.2 Å². The van der Waals surface area contributed by atoms with Gasteiger partial charge in [0.15, 0.2) is 5.58 Å². The van der Waals surface area contributed by atoms with Crippen LogP contribution in [0.3, 0.4) is 0 Å². The quantitative estimate of drug-likeness (QED) is 0.192. The van der Waals surface area contributed by atoms with Gasteiger partial charge < -0.3 is 18.2 Å². The van der Waals surface area contributed by atoms with Crippen molar-refractivity contribution in [3.05, 3.63) is 158 Å². The first-order valence-corrected chi connectivity index (χ1v) is 16.0. The highest BCUT2D eigenvalue weighted by atomic mass is 16.4. The molecule has 0 fully saturated rings. The molecule has 10 aromatic rings. The molecule has 10 rings (SSSR count). The molecule has 0 saturated heterocycles. The zero-order valence-corrected chi connectivity index (χ0v) is 25.6. The molecule has 0 N–H and O–H groups in total. The molecule has 0 aliphatic carbocycles. The topological polar surface area (TPSA) is 55.6 Å². The van der Waals surface area contributed by atoms with Crippen molar-refractivity contribution >= 4 is 72.0 Å². The van der Waals surface area contributed by atoms with Gasteiger partial charge in [0.25, 0.3) is 0 Å². The predicted molar refractivity (Wildman–Crippen MR) is 194 cm³/mol. The Bertz CT molecular complexity index is 2770. The van der Waals surface area contributed by atoms with Crippen molar-refractivity contribution in [2.45, 2.75) is 0 Å². The maximum atomic E-state index is 6.56. The average molecular weight is 619 g/mol. The van der Waals surface area contributed by atoms with E-state index in [2.05, 4.69) is 95.9 Å². The molecule has 0 radical (unpaired) electrons. The van der Waals surface area contributed by atoms with Gasteiger partial charge in [0.2, 0.25) is 5.89 Å². The van der Waals surface area contributed by atoms with Crippen molar-refractivity contribution < 1.29 is 13.3 Å². The lowest BCUT2D eigenvalue weighted by Crippen LogP contribution is -2.11. The molecule has 0 saturated carbocycles. The summed E-state index contributed by atoms with van der Waals surface area (Å²) in [6, 6.07) is 53.9. The molecule has 3 heterocycles. The number of benzene rings is 7. The number of oxazole rings is 1. The van der Waals surface area contributed by atoms with E-state index in [0.29, 0.717) is 5.89 Å². The molecule has 0 aliphatic rings. The minimum Gasteiger partial charge on any atom is -0.456 e. The van der Waals surface area contributed by atoms with E-state index < -0.39 is 0 Å². The maximum Gasteiger partial charge on any atom is 0.228 e. The lowest BCUT2D eigenvalue weighted by Gasteiger charge is -2.27. The summed E-state index contributed by atoms with van der Waals surface area (Å²) in [5.74, 6) is 0.575. The second-order valence-corrected chi connectivity index (χ2v) is 11.9. The molecule has 0 unspecified atom stereocenters. The van der Waals surface area contributed by atoms with Gasteiger partial charge >= 0.3 is 0 Å². The average Bonchev–Trinajstić information content (AvgIpc) is 3.85. The normalized spacial score (nSPS) is 11.8. The highest BCUT2D eigenvalue weighted by Crippen LogP contribution is 2.45. The fourth-order valence-electron chi connectivity index (χ4n) is 6.93. The Kier molecular flexibility index (Phi) is 5.81. The first-order valence-electron chi connectivity index (χ1n) is 16.0. The Labute approximate surface area is 274 Å². The van der Waals surface area contributed by atoms with Crippen LogP contribution in [0, 0.1) is 0 Å². The molecule has 0 spiro atoms. The molecule has 5 heteroatoms. The third kappa shape index (κ3) is 4.15. The summed E-state index contributed by atoms with van der Waals surface area (Å²) in [6.07, 6.45) is 0. The molecule has 48 heavy (non-hydrogen) atoms. The fourth-order valence-corrected chi connectivity index (χ4v) is 6.93. The van der Waals surface area contributed by atoms with Crippen LogP contribution in [0.5, 0.6) is 0 Å². The SMILES string of the molecule is c1ccc(-c2ccccc2N(c2ccc3c(c2)oc2ccccc23)c2ccc3c(c2)oc2cccc(-c4nc5ccccc5o4)c23)cc1. The largest absolute Gasteiger partial charge is 0.456 e. The summed E-state index contributed by atoms with van der Waals surface area (Å²) in [6.45, 7) is 0. The van der Waals surface area contributed by atoms with E-state index in [-0.39, 0.29) is 0 Å². The first-order chi connectivity index (χ1) is 23.8. The Balaban J connectivity index is 1.19. The highest BCUT2D eigenvalue weighted by Gasteiger charge is 2.22. The van der Waals surface area contributed by atoms with Crippen molar-refractivity contribution in [3.8, 4) is 22.6 Å². The summed E-state index contributed by atoms with van der Waals surface area (Å²) in [4.78, 5) is 7.08. The van der Waals surface area contributed by atoms with E-state index in [1.165, 1.54) is 0 Å². The molecule has 226 valence electrons. The summed E-state index contributed by atoms with van der Waals surface area (Å²) in [7, 11) is 0. The van der Waals surface area contributed by atoms with Crippen LogP contribution in [0.4, 0.5) is 17.1 Å². The second-order valence-electron chi connectivity index (χ2n) is 11.9. The van der Waals surface area contributed by atoms with Gasteiger partial charge in [-0.15, -0.1) is 0 Å². The molecule has 0 amide bonds. The van der Waals surface area contributed by atoms with Gasteiger partial charge in [-0.3, -0.25) is 0 Å². The molecule has 0 aliphatic heterocycles. The molecule has 0 atom stereocenters. The minimum atomic E-state index is 0.575. The minimum absolute atomic E-state index is 0.575. The molecular weight excluding hydrogens is 592 g/mol. The molecule has 7 aromatic carbocycles. The molecule has 5 nitrogen and oxygen atoms in total. The van der Waals surface area contributed by atoms with Gasteiger partial charge in [0, 0.05) is 56.2 Å². The standard InChI is InChI=1S/C43H26N2O3/c1-2-11-27(12-3-1)30-13-4-7-17-36(30)45(28-21-23-32-31-14-5-8-18-37(31)46-40(32)25-28)29-22-24-33-41(26-29)47-39-20-10-15-34(42(33)39)43-44-35-16-6-9-19-38(35)48-43/h1-26H. The number of anilines is 3. The smallest absolute Gasteiger partial charge is 0.228 e. The van der Waals surface area contributed by atoms with Crippen LogP contribution in [0.2, 0.25) is 0 Å². The third-order valence-corrected chi connectivity index (χ3v) is 9.11. The van der Waals surface area contributed by atoms with Gasteiger partial charge in [0.05, 0.1) is 5.69 Å². The van der Waals surface area contributed by atoms with Gasteiger partial charge in [-0.25, -0.2) is 4.98 Å².